The van der Waals surface area contributed by atoms with Crippen molar-refractivity contribution in [1.29, 1.82) is 0 Å². The van der Waals surface area contributed by atoms with Crippen LogP contribution in [0.5, 0.6) is 0 Å². The predicted molar refractivity (Wildman–Crippen MR) is 109 cm³/mol. The van der Waals surface area contributed by atoms with Crippen molar-refractivity contribution >= 4 is 28.1 Å². The lowest BCUT2D eigenvalue weighted by atomic mass is 9.98. The second-order valence-electron chi connectivity index (χ2n) is 6.24. The number of aromatic nitrogens is 4. The van der Waals surface area contributed by atoms with Crippen LogP contribution in [0.25, 0.3) is 38.0 Å². The quantitative estimate of drug-likeness (QED) is 0.522. The number of halogens is 1. The lowest BCUT2D eigenvalue weighted by Gasteiger charge is -2.11. The minimum atomic E-state index is -0.268. The van der Waals surface area contributed by atoms with Gasteiger partial charge in [-0.3, -0.25) is 9.48 Å². The molecule has 0 fully saturated rings. The molecule has 8 heteroatoms. The van der Waals surface area contributed by atoms with Crippen molar-refractivity contribution in [2.75, 3.05) is 0 Å². The molecule has 0 bridgehead atoms. The van der Waals surface area contributed by atoms with Gasteiger partial charge in [0.05, 0.1) is 29.5 Å². The molecule has 0 atom stereocenters. The van der Waals surface area contributed by atoms with Gasteiger partial charge in [0.1, 0.15) is 0 Å². The molecule has 0 spiro atoms. The summed E-state index contributed by atoms with van der Waals surface area (Å²) >= 11 is 6.23. The number of para-hydroxylation sites is 1. The average Bonchev–Trinajstić information content (AvgIpc) is 3.09. The fourth-order valence-electron chi connectivity index (χ4n) is 3.33. The summed E-state index contributed by atoms with van der Waals surface area (Å²) in [6, 6.07) is 10.8. The molecule has 138 valence electrons. The summed E-state index contributed by atoms with van der Waals surface area (Å²) < 4.78 is 1.71. The molecular formula is C20H15ClN6O. The maximum absolute atomic E-state index is 12.1. The Hall–Kier alpha value is -3.47. The van der Waals surface area contributed by atoms with Gasteiger partial charge >= 0.3 is 0 Å². The average molecular weight is 391 g/mol. The number of rotatable bonds is 3. The van der Waals surface area contributed by atoms with Gasteiger partial charge in [0.2, 0.25) is 5.69 Å². The molecule has 0 saturated carbocycles. The van der Waals surface area contributed by atoms with Crippen molar-refractivity contribution < 1.29 is 0 Å². The third kappa shape index (κ3) is 2.76. The summed E-state index contributed by atoms with van der Waals surface area (Å²) in [5.74, 6) is 0. The highest BCUT2D eigenvalue weighted by Crippen LogP contribution is 2.41. The lowest BCUT2D eigenvalue weighted by molar-refractivity contribution is 0.776. The van der Waals surface area contributed by atoms with Crippen molar-refractivity contribution in [3.63, 3.8) is 0 Å². The monoisotopic (exact) mass is 390 g/mol. The van der Waals surface area contributed by atoms with E-state index in [9.17, 15) is 4.79 Å². The first-order chi connectivity index (χ1) is 13.5. The van der Waals surface area contributed by atoms with Crippen LogP contribution < -0.4 is 11.3 Å². The second kappa shape index (κ2) is 6.93. The molecule has 0 aliphatic rings. The van der Waals surface area contributed by atoms with Crippen molar-refractivity contribution in [2.24, 2.45) is 12.8 Å². The van der Waals surface area contributed by atoms with Crippen molar-refractivity contribution in [1.82, 2.24) is 20.0 Å². The fourth-order valence-corrected chi connectivity index (χ4v) is 3.55. The number of benzene rings is 2. The SMILES string of the molecule is [C-]#[N+]c1c(Cl)cccc1-c1c(-c2ccc3c(=O)[nH]nc(CN)c3c2)cnn1C. The van der Waals surface area contributed by atoms with Gasteiger partial charge in [0, 0.05) is 35.1 Å². The Morgan fingerprint density at radius 2 is 2.07 bits per heavy atom. The topological polar surface area (TPSA) is 93.9 Å². The van der Waals surface area contributed by atoms with Gasteiger partial charge < -0.3 is 5.73 Å². The van der Waals surface area contributed by atoms with E-state index in [0.29, 0.717) is 32.7 Å². The first-order valence-corrected chi connectivity index (χ1v) is 8.83. The molecule has 2 aromatic heterocycles. The van der Waals surface area contributed by atoms with E-state index in [0.717, 1.165) is 16.8 Å². The zero-order valence-corrected chi connectivity index (χ0v) is 15.7. The molecular weight excluding hydrogens is 376 g/mol. The molecule has 4 aromatic rings. The summed E-state index contributed by atoms with van der Waals surface area (Å²) in [5, 5.41) is 12.5. The number of fused-ring (bicyclic) bond motifs is 1. The van der Waals surface area contributed by atoms with Crippen LogP contribution >= 0.6 is 11.6 Å². The van der Waals surface area contributed by atoms with Gasteiger partial charge in [0.15, 0.2) is 0 Å². The Balaban J connectivity index is 2.00. The van der Waals surface area contributed by atoms with Gasteiger partial charge in [-0.2, -0.15) is 10.2 Å². The van der Waals surface area contributed by atoms with Crippen LogP contribution in [0.3, 0.4) is 0 Å². The Bertz CT molecular complexity index is 1310. The number of aryl methyl sites for hydroxylation is 1. The minimum Gasteiger partial charge on any atom is -0.325 e. The normalized spacial score (nSPS) is 10.9. The van der Waals surface area contributed by atoms with E-state index in [1.54, 1.807) is 29.1 Å². The van der Waals surface area contributed by atoms with E-state index >= 15 is 0 Å². The number of hydrogen-bond donors (Lipinski definition) is 2. The van der Waals surface area contributed by atoms with Gasteiger partial charge in [-0.25, -0.2) is 9.94 Å². The van der Waals surface area contributed by atoms with Gasteiger partial charge in [-0.15, -0.1) is 0 Å². The van der Waals surface area contributed by atoms with Crippen LogP contribution in [-0.2, 0) is 13.6 Å². The van der Waals surface area contributed by atoms with Crippen LogP contribution in [0.1, 0.15) is 5.69 Å². The number of nitrogens with two attached hydrogens (primary N) is 1. The van der Waals surface area contributed by atoms with E-state index < -0.39 is 0 Å². The van der Waals surface area contributed by atoms with Crippen LogP contribution in [0.4, 0.5) is 5.69 Å². The van der Waals surface area contributed by atoms with E-state index in [1.165, 1.54) is 0 Å². The van der Waals surface area contributed by atoms with Crippen LogP contribution in [0.15, 0.2) is 47.4 Å². The Morgan fingerprint density at radius 3 is 2.82 bits per heavy atom. The Kier molecular flexibility index (Phi) is 4.43. The van der Waals surface area contributed by atoms with Crippen molar-refractivity contribution in [2.45, 2.75) is 6.54 Å². The van der Waals surface area contributed by atoms with E-state index in [2.05, 4.69) is 20.1 Å². The van der Waals surface area contributed by atoms with Gasteiger partial charge in [0.25, 0.3) is 5.56 Å². The lowest BCUT2D eigenvalue weighted by Crippen LogP contribution is -2.13. The van der Waals surface area contributed by atoms with Crippen LogP contribution in [0, 0.1) is 6.57 Å². The minimum absolute atomic E-state index is 0.201. The summed E-state index contributed by atoms with van der Waals surface area (Å²) in [5.41, 5.74) is 9.61. The standard InChI is InChI=1S/C20H15ClN6O/c1-23-18-13(4-3-5-16(18)21)19-15(10-24-27(19)2)11-6-7-12-14(8-11)17(9-22)25-26-20(12)28/h3-8,10H,9,22H2,2H3,(H,26,28). The van der Waals surface area contributed by atoms with Crippen LogP contribution in [0.2, 0.25) is 5.02 Å². The largest absolute Gasteiger partial charge is 0.325 e. The van der Waals surface area contributed by atoms with E-state index in [-0.39, 0.29) is 12.1 Å². The summed E-state index contributed by atoms with van der Waals surface area (Å²) in [6.45, 7) is 7.71. The third-order valence-corrected chi connectivity index (χ3v) is 4.97. The van der Waals surface area contributed by atoms with Gasteiger partial charge in [-0.05, 0) is 17.7 Å². The van der Waals surface area contributed by atoms with E-state index in [4.69, 9.17) is 23.9 Å². The highest BCUT2D eigenvalue weighted by molar-refractivity contribution is 6.34. The van der Waals surface area contributed by atoms with E-state index in [1.807, 2.05) is 25.2 Å². The maximum atomic E-state index is 12.1. The van der Waals surface area contributed by atoms with Crippen molar-refractivity contribution in [3.05, 3.63) is 75.1 Å². The third-order valence-electron chi connectivity index (χ3n) is 4.66. The highest BCUT2D eigenvalue weighted by Gasteiger charge is 2.18. The second-order valence-corrected chi connectivity index (χ2v) is 6.65. The molecule has 3 N–H and O–H groups in total. The molecule has 0 unspecified atom stereocenters. The number of H-pyrrole nitrogens is 1. The van der Waals surface area contributed by atoms with Crippen LogP contribution in [-0.4, -0.2) is 20.0 Å². The zero-order valence-electron chi connectivity index (χ0n) is 14.9. The number of nitrogens with zero attached hydrogens (tertiary/aromatic N) is 4. The molecule has 0 aliphatic carbocycles. The Labute approximate surface area is 165 Å². The first-order valence-electron chi connectivity index (χ1n) is 8.45. The molecule has 4 rings (SSSR count). The summed E-state index contributed by atoms with van der Waals surface area (Å²) in [6.07, 6.45) is 1.73. The summed E-state index contributed by atoms with van der Waals surface area (Å²) in [7, 11) is 1.81. The number of nitrogens with one attached hydrogen (secondary N) is 1. The predicted octanol–water partition coefficient (Wildman–Crippen LogP) is 3.65. The molecule has 0 amide bonds. The Morgan fingerprint density at radius 1 is 1.25 bits per heavy atom. The molecule has 7 nitrogen and oxygen atoms in total. The number of hydrogen-bond acceptors (Lipinski definition) is 4. The number of aromatic amines is 1. The molecule has 0 saturated heterocycles. The molecule has 28 heavy (non-hydrogen) atoms. The zero-order chi connectivity index (χ0) is 19.8. The smallest absolute Gasteiger partial charge is 0.272 e. The molecule has 2 aromatic carbocycles. The summed E-state index contributed by atoms with van der Waals surface area (Å²) in [4.78, 5) is 15.7. The van der Waals surface area contributed by atoms with Crippen molar-refractivity contribution in [3.8, 4) is 22.4 Å². The van der Waals surface area contributed by atoms with Gasteiger partial charge in [-0.1, -0.05) is 35.9 Å². The molecule has 2 heterocycles. The maximum Gasteiger partial charge on any atom is 0.272 e. The highest BCUT2D eigenvalue weighted by atomic mass is 35.5. The molecule has 0 radical (unpaired) electrons. The first kappa shape index (κ1) is 17.9. The molecule has 0 aliphatic heterocycles. The fraction of sp³-hybridized carbons (Fsp3) is 0.100.